The van der Waals surface area contributed by atoms with E-state index in [1.807, 2.05) is 12.1 Å². The standard InChI is InChI=1S/C14H18ClN3/c1-11(10-18-7-2-3-8-18)17-14-6-4-5-13(15)12(14)9-16/h4-6,11,17H,2-3,7-8,10H2,1H3. The van der Waals surface area contributed by atoms with Crippen LogP contribution in [0, 0.1) is 11.3 Å². The molecule has 1 N–H and O–H groups in total. The monoisotopic (exact) mass is 263 g/mol. The fraction of sp³-hybridized carbons (Fsp3) is 0.500. The maximum Gasteiger partial charge on any atom is 0.103 e. The molecule has 0 amide bonds. The van der Waals surface area contributed by atoms with Gasteiger partial charge in [-0.3, -0.25) is 0 Å². The number of hydrogen-bond donors (Lipinski definition) is 1. The van der Waals surface area contributed by atoms with E-state index in [0.29, 0.717) is 16.6 Å². The normalized spacial score (nSPS) is 17.4. The summed E-state index contributed by atoms with van der Waals surface area (Å²) >= 11 is 6.01. The fourth-order valence-corrected chi connectivity index (χ4v) is 2.64. The molecular weight excluding hydrogens is 246 g/mol. The lowest BCUT2D eigenvalue weighted by atomic mass is 10.1. The van der Waals surface area contributed by atoms with E-state index >= 15 is 0 Å². The molecule has 0 saturated carbocycles. The van der Waals surface area contributed by atoms with Crippen molar-refractivity contribution in [3.05, 3.63) is 28.8 Å². The first kappa shape index (κ1) is 13.2. The zero-order chi connectivity index (χ0) is 13.0. The van der Waals surface area contributed by atoms with Crippen molar-refractivity contribution in [3.8, 4) is 6.07 Å². The lowest BCUT2D eigenvalue weighted by molar-refractivity contribution is 0.328. The Morgan fingerprint density at radius 2 is 2.17 bits per heavy atom. The van der Waals surface area contributed by atoms with Gasteiger partial charge in [-0.1, -0.05) is 17.7 Å². The van der Waals surface area contributed by atoms with Crippen molar-refractivity contribution in [2.45, 2.75) is 25.8 Å². The Kier molecular flexibility index (Phi) is 4.46. The summed E-state index contributed by atoms with van der Waals surface area (Å²) in [4.78, 5) is 2.45. The van der Waals surface area contributed by atoms with Crippen LogP contribution in [0.4, 0.5) is 5.69 Å². The van der Waals surface area contributed by atoms with Crippen molar-refractivity contribution < 1.29 is 0 Å². The van der Waals surface area contributed by atoms with Gasteiger partial charge in [-0.05, 0) is 45.0 Å². The Balaban J connectivity index is 2.00. The quantitative estimate of drug-likeness (QED) is 0.907. The van der Waals surface area contributed by atoms with E-state index in [9.17, 15) is 0 Å². The van der Waals surface area contributed by atoms with Crippen LogP contribution in [0.25, 0.3) is 0 Å². The third kappa shape index (κ3) is 3.16. The molecule has 1 aliphatic heterocycles. The number of nitrogens with one attached hydrogen (secondary N) is 1. The summed E-state index contributed by atoms with van der Waals surface area (Å²) in [6.45, 7) is 5.52. The van der Waals surface area contributed by atoms with Gasteiger partial charge >= 0.3 is 0 Å². The van der Waals surface area contributed by atoms with Gasteiger partial charge in [-0.2, -0.15) is 5.26 Å². The number of nitriles is 1. The Hall–Kier alpha value is -1.24. The molecule has 0 aliphatic carbocycles. The number of benzene rings is 1. The van der Waals surface area contributed by atoms with Crippen LogP contribution in [-0.4, -0.2) is 30.6 Å². The molecule has 4 heteroatoms. The third-order valence-corrected chi connectivity index (χ3v) is 3.57. The van der Waals surface area contributed by atoms with Crippen LogP contribution >= 0.6 is 11.6 Å². The van der Waals surface area contributed by atoms with E-state index < -0.39 is 0 Å². The van der Waals surface area contributed by atoms with Gasteiger partial charge in [0, 0.05) is 12.6 Å². The van der Waals surface area contributed by atoms with Crippen LogP contribution in [0.3, 0.4) is 0 Å². The van der Waals surface area contributed by atoms with Crippen molar-refractivity contribution in [3.63, 3.8) is 0 Å². The molecule has 18 heavy (non-hydrogen) atoms. The molecule has 1 heterocycles. The van der Waals surface area contributed by atoms with Gasteiger partial charge in [0.1, 0.15) is 6.07 Å². The highest BCUT2D eigenvalue weighted by atomic mass is 35.5. The van der Waals surface area contributed by atoms with Gasteiger partial charge in [0.2, 0.25) is 0 Å². The molecule has 2 rings (SSSR count). The molecule has 1 aromatic carbocycles. The largest absolute Gasteiger partial charge is 0.380 e. The van der Waals surface area contributed by atoms with Crippen LogP contribution in [-0.2, 0) is 0 Å². The summed E-state index contributed by atoms with van der Waals surface area (Å²) in [5.41, 5.74) is 1.36. The lowest BCUT2D eigenvalue weighted by Gasteiger charge is -2.22. The fourth-order valence-electron chi connectivity index (χ4n) is 2.42. The van der Waals surface area contributed by atoms with Crippen LogP contribution in [0.15, 0.2) is 18.2 Å². The highest BCUT2D eigenvalue weighted by Gasteiger charge is 2.15. The van der Waals surface area contributed by atoms with Gasteiger partial charge in [0.15, 0.2) is 0 Å². The average Bonchev–Trinajstić information content (AvgIpc) is 2.82. The van der Waals surface area contributed by atoms with Gasteiger partial charge in [0.05, 0.1) is 16.3 Å². The summed E-state index contributed by atoms with van der Waals surface area (Å²) in [6, 6.07) is 7.99. The summed E-state index contributed by atoms with van der Waals surface area (Å²) < 4.78 is 0. The second-order valence-corrected chi connectivity index (χ2v) is 5.23. The first-order valence-corrected chi connectivity index (χ1v) is 6.76. The first-order valence-electron chi connectivity index (χ1n) is 6.38. The molecule has 1 fully saturated rings. The van der Waals surface area contributed by atoms with Gasteiger partial charge in [-0.25, -0.2) is 0 Å². The Bertz CT molecular complexity index is 447. The zero-order valence-electron chi connectivity index (χ0n) is 10.6. The topological polar surface area (TPSA) is 39.1 Å². The van der Waals surface area contributed by atoms with E-state index in [4.69, 9.17) is 16.9 Å². The number of rotatable bonds is 4. The van der Waals surface area contributed by atoms with Crippen molar-refractivity contribution in [2.24, 2.45) is 0 Å². The minimum absolute atomic E-state index is 0.314. The predicted molar refractivity (Wildman–Crippen MR) is 74.9 cm³/mol. The summed E-state index contributed by atoms with van der Waals surface area (Å²) in [5.74, 6) is 0. The number of hydrogen-bond acceptors (Lipinski definition) is 3. The van der Waals surface area contributed by atoms with Crippen molar-refractivity contribution in [1.29, 1.82) is 5.26 Å². The molecule has 3 nitrogen and oxygen atoms in total. The molecule has 0 bridgehead atoms. The smallest absolute Gasteiger partial charge is 0.103 e. The maximum absolute atomic E-state index is 9.11. The highest BCUT2D eigenvalue weighted by Crippen LogP contribution is 2.24. The van der Waals surface area contributed by atoms with E-state index in [0.717, 1.165) is 12.2 Å². The molecule has 96 valence electrons. The maximum atomic E-state index is 9.11. The highest BCUT2D eigenvalue weighted by molar-refractivity contribution is 6.32. The number of anilines is 1. The predicted octanol–water partition coefficient (Wildman–Crippen LogP) is 3.11. The van der Waals surface area contributed by atoms with Crippen molar-refractivity contribution >= 4 is 17.3 Å². The van der Waals surface area contributed by atoms with Crippen LogP contribution in [0.1, 0.15) is 25.3 Å². The molecule has 0 spiro atoms. The summed E-state index contributed by atoms with van der Waals surface area (Å²) in [7, 11) is 0. The van der Waals surface area contributed by atoms with Gasteiger partial charge < -0.3 is 10.2 Å². The van der Waals surface area contributed by atoms with Gasteiger partial charge in [0.25, 0.3) is 0 Å². The SMILES string of the molecule is CC(CN1CCCC1)Nc1cccc(Cl)c1C#N. The van der Waals surface area contributed by atoms with Crippen molar-refractivity contribution in [1.82, 2.24) is 4.90 Å². The van der Waals surface area contributed by atoms with Crippen LogP contribution in [0.5, 0.6) is 0 Å². The van der Waals surface area contributed by atoms with E-state index in [2.05, 4.69) is 23.2 Å². The van der Waals surface area contributed by atoms with E-state index in [-0.39, 0.29) is 0 Å². The molecule has 1 unspecified atom stereocenters. The molecule has 1 atom stereocenters. The van der Waals surface area contributed by atoms with Crippen LogP contribution in [0.2, 0.25) is 5.02 Å². The van der Waals surface area contributed by atoms with Crippen LogP contribution < -0.4 is 5.32 Å². The molecule has 0 radical (unpaired) electrons. The Morgan fingerprint density at radius 1 is 1.44 bits per heavy atom. The molecule has 1 saturated heterocycles. The third-order valence-electron chi connectivity index (χ3n) is 3.26. The minimum Gasteiger partial charge on any atom is -0.380 e. The number of halogens is 1. The first-order chi connectivity index (χ1) is 8.70. The average molecular weight is 264 g/mol. The second-order valence-electron chi connectivity index (χ2n) is 4.83. The van der Waals surface area contributed by atoms with E-state index in [1.54, 1.807) is 6.07 Å². The number of nitrogens with zero attached hydrogens (tertiary/aromatic N) is 2. The minimum atomic E-state index is 0.314. The molecule has 0 aromatic heterocycles. The van der Waals surface area contributed by atoms with Gasteiger partial charge in [-0.15, -0.1) is 0 Å². The molecular formula is C14H18ClN3. The molecule has 1 aliphatic rings. The summed E-state index contributed by atoms with van der Waals surface area (Å²) in [5, 5.41) is 13.0. The number of likely N-dealkylation sites (tertiary alicyclic amines) is 1. The molecule has 1 aromatic rings. The zero-order valence-corrected chi connectivity index (χ0v) is 11.4. The summed E-state index contributed by atoms with van der Waals surface area (Å²) in [6.07, 6.45) is 2.60. The second kappa shape index (κ2) is 6.08. The Labute approximate surface area is 113 Å². The van der Waals surface area contributed by atoms with E-state index in [1.165, 1.54) is 25.9 Å². The Morgan fingerprint density at radius 3 is 2.83 bits per heavy atom. The lowest BCUT2D eigenvalue weighted by Crippen LogP contribution is -2.33. The van der Waals surface area contributed by atoms with Crippen molar-refractivity contribution in [2.75, 3.05) is 25.0 Å².